The number of hydrogen-bond donors (Lipinski definition) is 2. The second-order valence-electron chi connectivity index (χ2n) is 6.61. The first-order chi connectivity index (χ1) is 10.9. The predicted molar refractivity (Wildman–Crippen MR) is 98.5 cm³/mol. The maximum absolute atomic E-state index is 12.7. The zero-order chi connectivity index (χ0) is 17.0. The van der Waals surface area contributed by atoms with Crippen molar-refractivity contribution in [2.75, 3.05) is 19.6 Å². The molecule has 0 bridgehead atoms. The Labute approximate surface area is 150 Å². The molecule has 1 aliphatic rings. The molecular formula is C18H28ClN3O2. The first kappa shape index (κ1) is 20.5. The minimum atomic E-state index is -0.146. The van der Waals surface area contributed by atoms with Crippen LogP contribution in [0.15, 0.2) is 18.2 Å². The lowest BCUT2D eigenvalue weighted by molar-refractivity contribution is -0.126. The predicted octanol–water partition coefficient (Wildman–Crippen LogP) is 2.04. The summed E-state index contributed by atoms with van der Waals surface area (Å²) in [5.74, 6) is -0.130. The molecule has 1 saturated heterocycles. The Morgan fingerprint density at radius 1 is 1.29 bits per heavy atom. The van der Waals surface area contributed by atoms with Gasteiger partial charge in [0.25, 0.3) is 5.91 Å². The van der Waals surface area contributed by atoms with E-state index in [2.05, 4.69) is 11.4 Å². The van der Waals surface area contributed by atoms with E-state index in [1.807, 2.05) is 32.9 Å². The van der Waals surface area contributed by atoms with Gasteiger partial charge in [0.05, 0.1) is 5.92 Å². The van der Waals surface area contributed by atoms with Gasteiger partial charge in [0.1, 0.15) is 0 Å². The third kappa shape index (κ3) is 5.21. The van der Waals surface area contributed by atoms with E-state index in [0.717, 1.165) is 24.0 Å². The van der Waals surface area contributed by atoms with E-state index >= 15 is 0 Å². The largest absolute Gasteiger partial charge is 0.352 e. The van der Waals surface area contributed by atoms with Gasteiger partial charge in [0, 0.05) is 31.2 Å². The second kappa shape index (κ2) is 9.04. The van der Waals surface area contributed by atoms with E-state index in [1.165, 1.54) is 0 Å². The van der Waals surface area contributed by atoms with Gasteiger partial charge in [0.2, 0.25) is 5.91 Å². The van der Waals surface area contributed by atoms with Gasteiger partial charge in [-0.15, -0.1) is 12.4 Å². The average molecular weight is 354 g/mol. The zero-order valence-electron chi connectivity index (χ0n) is 14.7. The van der Waals surface area contributed by atoms with Gasteiger partial charge in [-0.3, -0.25) is 9.59 Å². The first-order valence-corrected chi connectivity index (χ1v) is 8.28. The highest BCUT2D eigenvalue weighted by Gasteiger charge is 2.29. The number of piperidine rings is 1. The molecule has 3 N–H and O–H groups in total. The molecule has 6 heteroatoms. The highest BCUT2D eigenvalue weighted by atomic mass is 35.5. The fraction of sp³-hybridized carbons (Fsp3) is 0.556. The van der Waals surface area contributed by atoms with Crippen molar-refractivity contribution >= 4 is 24.2 Å². The van der Waals surface area contributed by atoms with Crippen LogP contribution in [-0.2, 0) is 4.79 Å². The van der Waals surface area contributed by atoms with Gasteiger partial charge in [-0.2, -0.15) is 0 Å². The van der Waals surface area contributed by atoms with E-state index in [1.54, 1.807) is 4.90 Å². The molecule has 5 nitrogen and oxygen atoms in total. The molecule has 0 radical (unpaired) electrons. The molecule has 1 aromatic carbocycles. The quantitative estimate of drug-likeness (QED) is 0.869. The van der Waals surface area contributed by atoms with Gasteiger partial charge >= 0.3 is 0 Å². The summed E-state index contributed by atoms with van der Waals surface area (Å²) < 4.78 is 0. The van der Waals surface area contributed by atoms with Crippen molar-refractivity contribution in [2.24, 2.45) is 11.7 Å². The minimum absolute atomic E-state index is 0. The lowest BCUT2D eigenvalue weighted by Gasteiger charge is -2.32. The third-order valence-electron chi connectivity index (χ3n) is 4.29. The number of likely N-dealkylation sites (tertiary alicyclic amines) is 1. The Bertz CT molecular complexity index is 571. The van der Waals surface area contributed by atoms with Gasteiger partial charge in [-0.1, -0.05) is 17.2 Å². The Kier molecular flexibility index (Phi) is 7.70. The standard InChI is InChI=1S/C18H27N3O2.ClH/c1-12-7-13(2)9-16(8-12)18(23)21-6-4-5-15(11-21)17(22)20-14(3)10-19;/h7-9,14-15H,4-6,10-11,19H2,1-3H3,(H,20,22);1H/t14-,15?;/m0./s1. The van der Waals surface area contributed by atoms with Crippen molar-refractivity contribution in [2.45, 2.75) is 39.7 Å². The maximum atomic E-state index is 12.7. The lowest BCUT2D eigenvalue weighted by Crippen LogP contribution is -2.48. The van der Waals surface area contributed by atoms with Crippen LogP contribution in [0.25, 0.3) is 0 Å². The molecule has 2 atom stereocenters. The first-order valence-electron chi connectivity index (χ1n) is 8.28. The SMILES string of the molecule is Cc1cc(C)cc(C(=O)N2CCCC(C(=O)N[C@@H](C)CN)C2)c1.Cl. The van der Waals surface area contributed by atoms with Crippen molar-refractivity contribution in [3.05, 3.63) is 34.9 Å². The van der Waals surface area contributed by atoms with Crippen molar-refractivity contribution in [1.29, 1.82) is 0 Å². The molecule has 24 heavy (non-hydrogen) atoms. The third-order valence-corrected chi connectivity index (χ3v) is 4.29. The monoisotopic (exact) mass is 353 g/mol. The fourth-order valence-electron chi connectivity index (χ4n) is 3.08. The Balaban J connectivity index is 0.00000288. The van der Waals surface area contributed by atoms with E-state index in [4.69, 9.17) is 5.73 Å². The number of benzene rings is 1. The molecular weight excluding hydrogens is 326 g/mol. The summed E-state index contributed by atoms with van der Waals surface area (Å²) >= 11 is 0. The number of nitrogens with two attached hydrogens (primary N) is 1. The zero-order valence-corrected chi connectivity index (χ0v) is 15.5. The summed E-state index contributed by atoms with van der Waals surface area (Å²) in [7, 11) is 0. The fourth-order valence-corrected chi connectivity index (χ4v) is 3.08. The lowest BCUT2D eigenvalue weighted by atomic mass is 9.95. The van der Waals surface area contributed by atoms with Crippen molar-refractivity contribution in [3.8, 4) is 0 Å². The number of hydrogen-bond acceptors (Lipinski definition) is 3. The number of aryl methyl sites for hydroxylation is 2. The number of carbonyl (C=O) groups is 2. The van der Waals surface area contributed by atoms with Gasteiger partial charge in [-0.25, -0.2) is 0 Å². The van der Waals surface area contributed by atoms with Crippen molar-refractivity contribution in [3.63, 3.8) is 0 Å². The number of rotatable bonds is 4. The van der Waals surface area contributed by atoms with E-state index in [9.17, 15) is 9.59 Å². The Hall–Kier alpha value is -1.59. The molecule has 1 unspecified atom stereocenters. The van der Waals surface area contributed by atoms with Crippen LogP contribution in [0, 0.1) is 19.8 Å². The molecule has 0 spiro atoms. The van der Waals surface area contributed by atoms with Gasteiger partial charge in [0.15, 0.2) is 0 Å². The molecule has 2 rings (SSSR count). The molecule has 1 fully saturated rings. The molecule has 134 valence electrons. The van der Waals surface area contributed by atoms with Gasteiger partial charge in [-0.05, 0) is 45.7 Å². The molecule has 1 aliphatic heterocycles. The van der Waals surface area contributed by atoms with E-state index < -0.39 is 0 Å². The number of nitrogens with one attached hydrogen (secondary N) is 1. The molecule has 0 aliphatic carbocycles. The number of carbonyl (C=O) groups excluding carboxylic acids is 2. The number of halogens is 1. The molecule has 1 aromatic rings. The molecule has 2 amide bonds. The topological polar surface area (TPSA) is 75.4 Å². The number of amides is 2. The minimum Gasteiger partial charge on any atom is -0.352 e. The van der Waals surface area contributed by atoms with Crippen LogP contribution >= 0.6 is 12.4 Å². The van der Waals surface area contributed by atoms with Crippen LogP contribution in [0.4, 0.5) is 0 Å². The van der Waals surface area contributed by atoms with Crippen molar-refractivity contribution < 1.29 is 9.59 Å². The summed E-state index contributed by atoms with van der Waals surface area (Å²) in [6, 6.07) is 5.84. The highest BCUT2D eigenvalue weighted by molar-refractivity contribution is 5.95. The molecule has 1 heterocycles. The summed E-state index contributed by atoms with van der Waals surface area (Å²) in [6.45, 7) is 7.48. The molecule has 0 aromatic heterocycles. The van der Waals surface area contributed by atoms with Gasteiger partial charge < -0.3 is 16.0 Å². The number of nitrogens with zero attached hydrogens (tertiary/aromatic N) is 1. The summed E-state index contributed by atoms with van der Waals surface area (Å²) in [5.41, 5.74) is 8.42. The average Bonchev–Trinajstić information content (AvgIpc) is 2.53. The van der Waals surface area contributed by atoms with Crippen LogP contribution in [0.1, 0.15) is 41.3 Å². The summed E-state index contributed by atoms with van der Waals surface area (Å²) in [5, 5.41) is 2.91. The normalized spacial score (nSPS) is 18.5. The smallest absolute Gasteiger partial charge is 0.253 e. The van der Waals surface area contributed by atoms with Crippen LogP contribution in [0.3, 0.4) is 0 Å². The summed E-state index contributed by atoms with van der Waals surface area (Å²) in [4.78, 5) is 26.8. The van der Waals surface area contributed by atoms with Crippen molar-refractivity contribution in [1.82, 2.24) is 10.2 Å². The van der Waals surface area contributed by atoms with E-state index in [0.29, 0.717) is 25.2 Å². The van der Waals surface area contributed by atoms with Crippen LogP contribution in [-0.4, -0.2) is 42.4 Å². The maximum Gasteiger partial charge on any atom is 0.253 e. The Morgan fingerprint density at radius 3 is 2.50 bits per heavy atom. The van der Waals surface area contributed by atoms with E-state index in [-0.39, 0.29) is 36.2 Å². The second-order valence-corrected chi connectivity index (χ2v) is 6.61. The highest BCUT2D eigenvalue weighted by Crippen LogP contribution is 2.20. The van der Waals surface area contributed by atoms with Crippen LogP contribution in [0.2, 0.25) is 0 Å². The van der Waals surface area contributed by atoms with Crippen LogP contribution < -0.4 is 11.1 Å². The molecule has 0 saturated carbocycles. The summed E-state index contributed by atoms with van der Waals surface area (Å²) in [6.07, 6.45) is 1.67. The Morgan fingerprint density at radius 2 is 1.92 bits per heavy atom. The van der Waals surface area contributed by atoms with Crippen LogP contribution in [0.5, 0.6) is 0 Å².